The van der Waals surface area contributed by atoms with Gasteiger partial charge in [0.25, 0.3) is 0 Å². The Hall–Kier alpha value is -4.53. The third-order valence-corrected chi connectivity index (χ3v) is 8.46. The first-order chi connectivity index (χ1) is 19.5. The molecule has 4 atom stereocenters. The molecule has 0 spiro atoms. The highest BCUT2D eigenvalue weighted by Crippen LogP contribution is 2.62. The van der Waals surface area contributed by atoms with E-state index >= 15 is 0 Å². The molecule has 0 radical (unpaired) electrons. The predicted octanol–water partition coefficient (Wildman–Crippen LogP) is 4.32. The van der Waals surface area contributed by atoms with Crippen LogP contribution in [0.5, 0.6) is 28.7 Å². The van der Waals surface area contributed by atoms with E-state index in [-0.39, 0.29) is 32.4 Å². The van der Waals surface area contributed by atoms with E-state index < -0.39 is 28.8 Å². The number of aliphatic imine (C=N–C) groups is 1. The van der Waals surface area contributed by atoms with Crippen LogP contribution in [0.3, 0.4) is 0 Å². The lowest BCUT2D eigenvalue weighted by Crippen LogP contribution is -2.59. The summed E-state index contributed by atoms with van der Waals surface area (Å²) in [4.78, 5) is 33.7. The van der Waals surface area contributed by atoms with Crippen molar-refractivity contribution in [2.45, 2.75) is 36.1 Å². The number of carbonyl (C=O) groups is 2. The summed E-state index contributed by atoms with van der Waals surface area (Å²) in [7, 11) is 1.59. The van der Waals surface area contributed by atoms with Crippen LogP contribution in [-0.4, -0.2) is 50.8 Å². The fourth-order valence-corrected chi connectivity index (χ4v) is 6.68. The number of ketones is 1. The van der Waals surface area contributed by atoms with E-state index in [4.69, 9.17) is 33.4 Å². The van der Waals surface area contributed by atoms with Gasteiger partial charge in [0.2, 0.25) is 13.6 Å². The second kappa shape index (κ2) is 9.01. The van der Waals surface area contributed by atoms with Crippen molar-refractivity contribution in [1.29, 1.82) is 0 Å². The molecule has 0 unspecified atom stereocenters. The zero-order valence-electron chi connectivity index (χ0n) is 22.0. The molecule has 1 saturated carbocycles. The first-order valence-corrected chi connectivity index (χ1v) is 13.2. The maximum atomic E-state index is 14.5. The van der Waals surface area contributed by atoms with E-state index in [1.54, 1.807) is 26.3 Å². The molecule has 1 aliphatic carbocycles. The van der Waals surface area contributed by atoms with Gasteiger partial charge in [-0.15, -0.1) is 0 Å². The van der Waals surface area contributed by atoms with Gasteiger partial charge in [-0.25, -0.2) is 4.79 Å². The summed E-state index contributed by atoms with van der Waals surface area (Å²) in [6.07, 6.45) is 1.74. The normalized spacial score (nSPS) is 27.1. The standard InChI is InChI=1S/C31H27NO8/c1-3-36-29(34)31-22(18-4-10-23-25(12-18)39-16-37-23)14-27(33)30(15-32-31,20-6-8-21(35-2)9-7-20)28(31)19-5-11-24-26(13-19)40-17-38-24/h4-13,15,22,28H,3,14,16-17H2,1-2H3/t22-,28+,30+,31+/m1/s1. The molecule has 3 heterocycles. The Morgan fingerprint density at radius 3 is 2.17 bits per heavy atom. The van der Waals surface area contributed by atoms with E-state index in [2.05, 4.69) is 0 Å². The number of esters is 1. The van der Waals surface area contributed by atoms with Crippen molar-refractivity contribution in [2.24, 2.45) is 4.99 Å². The number of hydrogen-bond donors (Lipinski definition) is 0. The van der Waals surface area contributed by atoms with E-state index in [0.29, 0.717) is 28.7 Å². The van der Waals surface area contributed by atoms with Gasteiger partial charge < -0.3 is 28.4 Å². The molecule has 3 aromatic rings. The second-order valence-electron chi connectivity index (χ2n) is 10.2. The summed E-state index contributed by atoms with van der Waals surface area (Å²) < 4.78 is 33.6. The highest BCUT2D eigenvalue weighted by Gasteiger charge is 2.70. The zero-order chi connectivity index (χ0) is 27.5. The number of benzene rings is 3. The zero-order valence-corrected chi connectivity index (χ0v) is 22.0. The first-order valence-electron chi connectivity index (χ1n) is 13.2. The first kappa shape index (κ1) is 24.5. The third kappa shape index (κ3) is 3.30. The molecular weight excluding hydrogens is 514 g/mol. The lowest BCUT2D eigenvalue weighted by atomic mass is 9.51. The minimum absolute atomic E-state index is 0.0517. The SMILES string of the molecule is CCOC(=O)[C@]12N=C[C@](c3ccc(OC)cc3)(C(=O)C[C@@H]1c1ccc3c(c1)OCO3)[C@@H]2c1ccc2c(c1)OCO2. The van der Waals surface area contributed by atoms with Gasteiger partial charge in [0.1, 0.15) is 11.5 Å². The van der Waals surface area contributed by atoms with E-state index in [9.17, 15) is 9.59 Å². The van der Waals surface area contributed by atoms with Gasteiger partial charge in [0.05, 0.1) is 19.1 Å². The summed E-state index contributed by atoms with van der Waals surface area (Å²) in [6, 6.07) is 18.4. The Morgan fingerprint density at radius 2 is 1.52 bits per heavy atom. The van der Waals surface area contributed by atoms with Crippen LogP contribution in [0.15, 0.2) is 65.7 Å². The Morgan fingerprint density at radius 1 is 0.900 bits per heavy atom. The molecule has 4 aliphatic rings. The number of ether oxygens (including phenoxy) is 6. The summed E-state index contributed by atoms with van der Waals surface area (Å²) in [5.74, 6) is 1.13. The summed E-state index contributed by atoms with van der Waals surface area (Å²) in [5, 5.41) is 0. The number of hydrogen-bond acceptors (Lipinski definition) is 9. The molecule has 9 nitrogen and oxygen atoms in total. The molecule has 40 heavy (non-hydrogen) atoms. The van der Waals surface area contributed by atoms with Crippen molar-refractivity contribution in [2.75, 3.05) is 27.3 Å². The largest absolute Gasteiger partial charge is 0.497 e. The average Bonchev–Trinajstić information content (AvgIpc) is 3.71. The van der Waals surface area contributed by atoms with Gasteiger partial charge in [-0.05, 0) is 60.0 Å². The van der Waals surface area contributed by atoms with Crippen molar-refractivity contribution in [3.63, 3.8) is 0 Å². The maximum absolute atomic E-state index is 14.5. The van der Waals surface area contributed by atoms with Crippen LogP contribution in [0.4, 0.5) is 0 Å². The topological polar surface area (TPSA) is 102 Å². The number of carbonyl (C=O) groups excluding carboxylic acids is 2. The Balaban J connectivity index is 1.47. The Kier molecular flexibility index (Phi) is 5.52. The molecule has 9 heteroatoms. The minimum Gasteiger partial charge on any atom is -0.497 e. The van der Waals surface area contributed by atoms with Crippen LogP contribution < -0.4 is 23.7 Å². The highest BCUT2D eigenvalue weighted by molar-refractivity contribution is 6.14. The lowest BCUT2D eigenvalue weighted by molar-refractivity contribution is -0.153. The monoisotopic (exact) mass is 541 g/mol. The number of nitrogens with zero attached hydrogens (tertiary/aromatic N) is 1. The number of methoxy groups -OCH3 is 1. The van der Waals surface area contributed by atoms with E-state index in [0.717, 1.165) is 16.7 Å². The maximum Gasteiger partial charge on any atom is 0.335 e. The predicted molar refractivity (Wildman–Crippen MR) is 143 cm³/mol. The fraction of sp³-hybridized carbons (Fsp3) is 0.323. The van der Waals surface area contributed by atoms with Gasteiger partial charge in [-0.2, -0.15) is 0 Å². The van der Waals surface area contributed by atoms with Crippen molar-refractivity contribution in [3.05, 3.63) is 77.4 Å². The smallest absolute Gasteiger partial charge is 0.335 e. The van der Waals surface area contributed by atoms with Crippen LogP contribution in [-0.2, 0) is 19.7 Å². The van der Waals surface area contributed by atoms with Gasteiger partial charge in [-0.1, -0.05) is 24.3 Å². The van der Waals surface area contributed by atoms with Crippen LogP contribution in [0.2, 0.25) is 0 Å². The van der Waals surface area contributed by atoms with Crippen LogP contribution in [0.25, 0.3) is 0 Å². The van der Waals surface area contributed by atoms with E-state index in [1.807, 2.05) is 54.6 Å². The van der Waals surface area contributed by atoms with Crippen molar-refractivity contribution >= 4 is 18.0 Å². The Bertz CT molecular complexity index is 1550. The van der Waals surface area contributed by atoms with Crippen molar-refractivity contribution in [3.8, 4) is 28.7 Å². The average molecular weight is 542 g/mol. The molecule has 3 aliphatic heterocycles. The minimum atomic E-state index is -1.44. The molecule has 3 aromatic carbocycles. The van der Waals surface area contributed by atoms with Crippen LogP contribution >= 0.6 is 0 Å². The molecule has 204 valence electrons. The second-order valence-corrected chi connectivity index (χ2v) is 10.2. The van der Waals surface area contributed by atoms with Gasteiger partial charge in [0.15, 0.2) is 28.5 Å². The molecule has 0 N–H and O–H groups in total. The summed E-state index contributed by atoms with van der Waals surface area (Å²) >= 11 is 0. The highest BCUT2D eigenvalue weighted by atomic mass is 16.7. The number of fused-ring (bicyclic) bond motifs is 4. The van der Waals surface area contributed by atoms with E-state index in [1.165, 1.54) is 0 Å². The summed E-state index contributed by atoms with van der Waals surface area (Å²) in [6.45, 7) is 2.15. The molecular formula is C31H27NO8. The lowest BCUT2D eigenvalue weighted by Gasteiger charge is -2.48. The van der Waals surface area contributed by atoms with Gasteiger partial charge in [-0.3, -0.25) is 9.79 Å². The van der Waals surface area contributed by atoms with Crippen molar-refractivity contribution < 1.29 is 38.0 Å². The van der Waals surface area contributed by atoms with Crippen LogP contribution in [0.1, 0.15) is 41.9 Å². The van der Waals surface area contributed by atoms with Gasteiger partial charge >= 0.3 is 5.97 Å². The molecule has 2 bridgehead atoms. The molecule has 0 saturated heterocycles. The molecule has 0 aromatic heterocycles. The molecule has 7 rings (SSSR count). The molecule has 0 amide bonds. The number of Topliss-reactive ketones (excluding diaryl/α,β-unsaturated/α-hetero) is 1. The van der Waals surface area contributed by atoms with Gasteiger partial charge in [0, 0.05) is 24.5 Å². The summed E-state index contributed by atoms with van der Waals surface area (Å²) in [5.41, 5.74) is -0.464. The third-order valence-electron chi connectivity index (χ3n) is 8.46. The quantitative estimate of drug-likeness (QED) is 0.426. The Labute approximate surface area is 230 Å². The number of rotatable bonds is 6. The molecule has 1 fully saturated rings. The fourth-order valence-electron chi connectivity index (χ4n) is 6.68. The van der Waals surface area contributed by atoms with Crippen LogP contribution in [0, 0.1) is 0 Å². The van der Waals surface area contributed by atoms with Crippen molar-refractivity contribution in [1.82, 2.24) is 0 Å².